The van der Waals surface area contributed by atoms with Gasteiger partial charge < -0.3 is 15.0 Å². The van der Waals surface area contributed by atoms with Crippen molar-refractivity contribution in [3.05, 3.63) is 59.2 Å². The topological polar surface area (TPSA) is 41.6 Å². The summed E-state index contributed by atoms with van der Waals surface area (Å²) in [6.45, 7) is 5.76. The second-order valence-corrected chi connectivity index (χ2v) is 6.73. The summed E-state index contributed by atoms with van der Waals surface area (Å²) in [5.41, 5.74) is 4.37. The van der Waals surface area contributed by atoms with Crippen LogP contribution in [0.25, 0.3) is 0 Å². The average Bonchev–Trinajstić information content (AvgIpc) is 2.64. The lowest BCUT2D eigenvalue weighted by atomic mass is 10.0. The lowest BCUT2D eigenvalue weighted by molar-refractivity contribution is 0.0715. The third-order valence-electron chi connectivity index (χ3n) is 4.87. The number of hydrogen-bond donors (Lipinski definition) is 1. The number of ether oxygens (including phenoxy) is 1. The predicted octanol–water partition coefficient (Wildman–Crippen LogP) is 4.03. The Balaban J connectivity index is 1.62. The maximum Gasteiger partial charge on any atom is 0.257 e. The highest BCUT2D eigenvalue weighted by atomic mass is 16.5. The summed E-state index contributed by atoms with van der Waals surface area (Å²) < 4.78 is 5.32. The van der Waals surface area contributed by atoms with E-state index < -0.39 is 0 Å². The molecule has 1 saturated heterocycles. The van der Waals surface area contributed by atoms with E-state index in [0.29, 0.717) is 17.4 Å². The van der Waals surface area contributed by atoms with Crippen molar-refractivity contribution in [1.29, 1.82) is 0 Å². The smallest absolute Gasteiger partial charge is 0.257 e. The molecule has 4 nitrogen and oxygen atoms in total. The van der Waals surface area contributed by atoms with E-state index in [-0.39, 0.29) is 5.91 Å². The minimum absolute atomic E-state index is 0.0580. The predicted molar refractivity (Wildman–Crippen MR) is 101 cm³/mol. The first kappa shape index (κ1) is 17.3. The summed E-state index contributed by atoms with van der Waals surface area (Å²) in [7, 11) is 1.60. The molecule has 2 aromatic carbocycles. The quantitative estimate of drug-likeness (QED) is 0.915. The van der Waals surface area contributed by atoms with Crippen molar-refractivity contribution in [3.63, 3.8) is 0 Å². The van der Waals surface area contributed by atoms with E-state index in [0.717, 1.165) is 25.9 Å². The molecule has 1 N–H and O–H groups in total. The molecular weight excluding hydrogens is 312 g/mol. The lowest BCUT2D eigenvalue weighted by Crippen LogP contribution is -2.42. The Bertz CT molecular complexity index is 749. The van der Waals surface area contributed by atoms with Crippen LogP contribution in [-0.4, -0.2) is 37.0 Å². The normalized spacial score (nSPS) is 15.1. The fraction of sp³-hybridized carbons (Fsp3) is 0.381. The molecule has 0 radical (unpaired) electrons. The minimum Gasteiger partial charge on any atom is -0.496 e. The van der Waals surface area contributed by atoms with E-state index >= 15 is 0 Å². The molecule has 1 amide bonds. The largest absolute Gasteiger partial charge is 0.496 e. The van der Waals surface area contributed by atoms with Crippen LogP contribution in [0.5, 0.6) is 5.75 Å². The van der Waals surface area contributed by atoms with Gasteiger partial charge in [0, 0.05) is 24.8 Å². The van der Waals surface area contributed by atoms with Gasteiger partial charge in [-0.25, -0.2) is 0 Å². The summed E-state index contributed by atoms with van der Waals surface area (Å²) in [4.78, 5) is 14.7. The van der Waals surface area contributed by atoms with Gasteiger partial charge in [0.25, 0.3) is 5.91 Å². The number of piperidine rings is 1. The van der Waals surface area contributed by atoms with E-state index in [9.17, 15) is 4.79 Å². The van der Waals surface area contributed by atoms with Crippen LogP contribution in [-0.2, 0) is 0 Å². The highest BCUT2D eigenvalue weighted by molar-refractivity contribution is 5.97. The Hall–Kier alpha value is -2.49. The number of para-hydroxylation sites is 1. The summed E-state index contributed by atoms with van der Waals surface area (Å²) in [6.07, 6.45) is 1.91. The van der Waals surface area contributed by atoms with E-state index in [1.807, 2.05) is 29.2 Å². The van der Waals surface area contributed by atoms with Crippen LogP contribution < -0.4 is 10.1 Å². The van der Waals surface area contributed by atoms with Crippen molar-refractivity contribution in [1.82, 2.24) is 4.90 Å². The molecule has 0 aliphatic carbocycles. The molecule has 0 atom stereocenters. The second-order valence-electron chi connectivity index (χ2n) is 6.73. The van der Waals surface area contributed by atoms with Gasteiger partial charge in [0.1, 0.15) is 5.75 Å². The van der Waals surface area contributed by atoms with Gasteiger partial charge in [-0.3, -0.25) is 4.79 Å². The molecule has 2 aromatic rings. The standard InChI is InChI=1S/C21H26N2O2/c1-15-8-9-16(2)19(14-15)22-17-10-12-23(13-11-17)21(24)18-6-4-5-7-20(18)25-3/h4-9,14,17,22H,10-13H2,1-3H3. The van der Waals surface area contributed by atoms with Crippen LogP contribution in [0.1, 0.15) is 34.3 Å². The number of benzene rings is 2. The molecule has 25 heavy (non-hydrogen) atoms. The van der Waals surface area contributed by atoms with E-state index in [4.69, 9.17) is 4.74 Å². The fourth-order valence-corrected chi connectivity index (χ4v) is 3.33. The Morgan fingerprint density at radius 2 is 1.84 bits per heavy atom. The summed E-state index contributed by atoms with van der Waals surface area (Å²) in [5.74, 6) is 0.700. The molecule has 3 rings (SSSR count). The molecule has 1 aliphatic heterocycles. The maximum atomic E-state index is 12.8. The third-order valence-corrected chi connectivity index (χ3v) is 4.87. The van der Waals surface area contributed by atoms with Crippen LogP contribution in [0, 0.1) is 13.8 Å². The molecule has 1 fully saturated rings. The first-order chi connectivity index (χ1) is 12.1. The van der Waals surface area contributed by atoms with E-state index in [2.05, 4.69) is 37.4 Å². The number of likely N-dealkylation sites (tertiary alicyclic amines) is 1. The first-order valence-corrected chi connectivity index (χ1v) is 8.84. The monoisotopic (exact) mass is 338 g/mol. The second kappa shape index (κ2) is 7.60. The Labute approximate surface area is 149 Å². The number of nitrogens with one attached hydrogen (secondary N) is 1. The highest BCUT2D eigenvalue weighted by Crippen LogP contribution is 2.24. The van der Waals surface area contributed by atoms with E-state index in [1.165, 1.54) is 16.8 Å². The first-order valence-electron chi connectivity index (χ1n) is 8.84. The average molecular weight is 338 g/mol. The van der Waals surface area contributed by atoms with E-state index in [1.54, 1.807) is 7.11 Å². The SMILES string of the molecule is COc1ccccc1C(=O)N1CCC(Nc2cc(C)ccc2C)CC1. The summed E-state index contributed by atoms with van der Waals surface area (Å²) in [6, 6.07) is 14.3. The number of nitrogens with zero attached hydrogens (tertiary/aromatic N) is 1. The molecular formula is C21H26N2O2. The zero-order valence-corrected chi connectivity index (χ0v) is 15.2. The van der Waals surface area contributed by atoms with Gasteiger partial charge in [-0.2, -0.15) is 0 Å². The van der Waals surface area contributed by atoms with Gasteiger partial charge in [-0.05, 0) is 56.0 Å². The number of carbonyl (C=O) groups is 1. The van der Waals surface area contributed by atoms with Crippen LogP contribution in [0.3, 0.4) is 0 Å². The Morgan fingerprint density at radius 3 is 2.56 bits per heavy atom. The van der Waals surface area contributed by atoms with Gasteiger partial charge in [0.15, 0.2) is 0 Å². The van der Waals surface area contributed by atoms with Crippen molar-refractivity contribution in [2.75, 3.05) is 25.5 Å². The van der Waals surface area contributed by atoms with Gasteiger partial charge in [0.05, 0.1) is 12.7 Å². The molecule has 1 heterocycles. The van der Waals surface area contributed by atoms with Crippen molar-refractivity contribution in [3.8, 4) is 5.75 Å². The van der Waals surface area contributed by atoms with Gasteiger partial charge in [-0.1, -0.05) is 24.3 Å². The molecule has 0 saturated carbocycles. The molecule has 0 bridgehead atoms. The fourth-order valence-electron chi connectivity index (χ4n) is 3.33. The zero-order valence-electron chi connectivity index (χ0n) is 15.2. The van der Waals surface area contributed by atoms with Crippen LogP contribution in [0.15, 0.2) is 42.5 Å². The molecule has 132 valence electrons. The van der Waals surface area contributed by atoms with Crippen molar-refractivity contribution in [2.24, 2.45) is 0 Å². The molecule has 0 aromatic heterocycles. The minimum atomic E-state index is 0.0580. The number of anilines is 1. The molecule has 0 unspecified atom stereocenters. The maximum absolute atomic E-state index is 12.8. The summed E-state index contributed by atoms with van der Waals surface area (Å²) in [5, 5.41) is 3.65. The number of aryl methyl sites for hydroxylation is 2. The number of carbonyl (C=O) groups excluding carboxylic acids is 1. The Kier molecular flexibility index (Phi) is 5.27. The number of amides is 1. The van der Waals surface area contributed by atoms with Crippen molar-refractivity contribution >= 4 is 11.6 Å². The number of hydrogen-bond acceptors (Lipinski definition) is 3. The van der Waals surface area contributed by atoms with Gasteiger partial charge in [-0.15, -0.1) is 0 Å². The zero-order chi connectivity index (χ0) is 17.8. The number of methoxy groups -OCH3 is 1. The molecule has 4 heteroatoms. The lowest BCUT2D eigenvalue weighted by Gasteiger charge is -2.33. The molecule has 1 aliphatic rings. The summed E-state index contributed by atoms with van der Waals surface area (Å²) >= 11 is 0. The van der Waals surface area contributed by atoms with Crippen LogP contribution in [0.2, 0.25) is 0 Å². The number of rotatable bonds is 4. The van der Waals surface area contributed by atoms with Gasteiger partial charge in [0.2, 0.25) is 0 Å². The molecule has 0 spiro atoms. The van der Waals surface area contributed by atoms with Gasteiger partial charge >= 0.3 is 0 Å². The van der Waals surface area contributed by atoms with Crippen LogP contribution >= 0.6 is 0 Å². The van der Waals surface area contributed by atoms with Crippen molar-refractivity contribution in [2.45, 2.75) is 32.7 Å². The highest BCUT2D eigenvalue weighted by Gasteiger charge is 2.25. The third kappa shape index (κ3) is 3.95. The van der Waals surface area contributed by atoms with Crippen molar-refractivity contribution < 1.29 is 9.53 Å². The van der Waals surface area contributed by atoms with Crippen LogP contribution in [0.4, 0.5) is 5.69 Å². The Morgan fingerprint density at radius 1 is 1.12 bits per heavy atom.